The highest BCUT2D eigenvalue weighted by Gasteiger charge is 2.42. The molecule has 0 saturated heterocycles. The Bertz CT molecular complexity index is 820. The molecule has 0 unspecified atom stereocenters. The van der Waals surface area contributed by atoms with Gasteiger partial charge in [0.05, 0.1) is 22.5 Å². The summed E-state index contributed by atoms with van der Waals surface area (Å²) in [6, 6.07) is 13.3. The van der Waals surface area contributed by atoms with Crippen LogP contribution in [0.4, 0.5) is 0 Å². The lowest BCUT2D eigenvalue weighted by atomic mass is 9.94. The quantitative estimate of drug-likeness (QED) is 0.723. The van der Waals surface area contributed by atoms with E-state index in [1.165, 1.54) is 23.1 Å². The summed E-state index contributed by atoms with van der Waals surface area (Å²) in [5, 5.41) is 0. The smallest absolute Gasteiger partial charge is 0.268 e. The molecule has 2 aliphatic rings. The predicted octanol–water partition coefficient (Wildman–Crippen LogP) is 4.63. The van der Waals surface area contributed by atoms with Crippen molar-refractivity contribution in [2.45, 2.75) is 43.9 Å². The van der Waals surface area contributed by atoms with Crippen LogP contribution in [0.2, 0.25) is 0 Å². The van der Waals surface area contributed by atoms with Crippen LogP contribution in [-0.2, 0) is 15.3 Å². The molecular formula is C21H21NO3S. The zero-order valence-corrected chi connectivity index (χ0v) is 15.3. The van der Waals surface area contributed by atoms with Crippen molar-refractivity contribution in [1.82, 2.24) is 4.90 Å². The molecule has 0 N–H and O–H groups in total. The summed E-state index contributed by atoms with van der Waals surface area (Å²) < 4.78 is 5.39. The third kappa shape index (κ3) is 3.23. The SMILES string of the molecule is O=C1C(SCc2ccco2)=C(c2ccccc2)C(=O)N1C1CCCCC1. The van der Waals surface area contributed by atoms with Crippen molar-refractivity contribution in [1.29, 1.82) is 0 Å². The molecule has 4 nitrogen and oxygen atoms in total. The fourth-order valence-electron chi connectivity index (χ4n) is 3.73. The molecule has 0 spiro atoms. The van der Waals surface area contributed by atoms with Crippen molar-refractivity contribution in [2.24, 2.45) is 0 Å². The van der Waals surface area contributed by atoms with Gasteiger partial charge in [0.2, 0.25) is 0 Å². The summed E-state index contributed by atoms with van der Waals surface area (Å²) in [4.78, 5) is 28.4. The topological polar surface area (TPSA) is 50.5 Å². The van der Waals surface area contributed by atoms with Crippen LogP contribution < -0.4 is 0 Å². The van der Waals surface area contributed by atoms with Gasteiger partial charge in [-0.05, 0) is 30.5 Å². The Morgan fingerprint density at radius 2 is 1.73 bits per heavy atom. The second-order valence-corrected chi connectivity index (χ2v) is 7.70. The molecule has 2 heterocycles. The van der Waals surface area contributed by atoms with Crippen LogP contribution in [0, 0.1) is 0 Å². The number of furan rings is 1. The number of carbonyl (C=O) groups is 2. The third-order valence-corrected chi connectivity index (χ3v) is 6.11. The van der Waals surface area contributed by atoms with Crippen LogP contribution in [-0.4, -0.2) is 22.8 Å². The molecule has 1 aromatic heterocycles. The first-order chi connectivity index (χ1) is 12.8. The summed E-state index contributed by atoms with van der Waals surface area (Å²) in [7, 11) is 0. The lowest BCUT2D eigenvalue weighted by Crippen LogP contribution is -2.42. The van der Waals surface area contributed by atoms with Gasteiger partial charge in [-0.15, -0.1) is 11.8 Å². The minimum atomic E-state index is -0.143. The fraction of sp³-hybridized carbons (Fsp3) is 0.333. The van der Waals surface area contributed by atoms with Gasteiger partial charge in [-0.2, -0.15) is 0 Å². The average molecular weight is 367 g/mol. The number of carbonyl (C=O) groups excluding carboxylic acids is 2. The standard InChI is InChI=1S/C21H21NO3S/c23-20-18(15-8-3-1-4-9-15)19(26-14-17-12-7-13-25-17)21(24)22(20)16-10-5-2-6-11-16/h1,3-4,7-9,12-13,16H,2,5-6,10-11,14H2. The van der Waals surface area contributed by atoms with E-state index in [2.05, 4.69) is 0 Å². The molecule has 1 aliphatic heterocycles. The van der Waals surface area contributed by atoms with E-state index in [0.29, 0.717) is 16.2 Å². The van der Waals surface area contributed by atoms with Gasteiger partial charge in [0.25, 0.3) is 11.8 Å². The molecule has 4 rings (SSSR count). The van der Waals surface area contributed by atoms with Crippen LogP contribution in [0.15, 0.2) is 58.1 Å². The maximum atomic E-state index is 13.2. The summed E-state index contributed by atoms with van der Waals surface area (Å²) >= 11 is 1.40. The van der Waals surface area contributed by atoms with E-state index < -0.39 is 0 Å². The predicted molar refractivity (Wildman–Crippen MR) is 102 cm³/mol. The van der Waals surface area contributed by atoms with Gasteiger partial charge in [0, 0.05) is 6.04 Å². The maximum absolute atomic E-state index is 13.2. The molecule has 5 heteroatoms. The number of imide groups is 1. The molecule has 1 aliphatic carbocycles. The van der Waals surface area contributed by atoms with Crippen molar-refractivity contribution in [3.05, 3.63) is 65.0 Å². The maximum Gasteiger partial charge on any atom is 0.268 e. The summed E-state index contributed by atoms with van der Waals surface area (Å²) in [5.41, 5.74) is 1.35. The van der Waals surface area contributed by atoms with E-state index >= 15 is 0 Å². The molecule has 0 radical (unpaired) electrons. The zero-order valence-electron chi connectivity index (χ0n) is 14.5. The summed E-state index contributed by atoms with van der Waals surface area (Å²) in [6.07, 6.45) is 6.80. The van der Waals surface area contributed by atoms with Crippen molar-refractivity contribution in [3.63, 3.8) is 0 Å². The molecule has 1 saturated carbocycles. The van der Waals surface area contributed by atoms with Gasteiger partial charge < -0.3 is 4.42 Å². The number of amides is 2. The van der Waals surface area contributed by atoms with Crippen molar-refractivity contribution < 1.29 is 14.0 Å². The van der Waals surface area contributed by atoms with Crippen LogP contribution >= 0.6 is 11.8 Å². The molecule has 1 fully saturated rings. The Kier molecular flexibility index (Phi) is 4.98. The molecule has 26 heavy (non-hydrogen) atoms. The van der Waals surface area contributed by atoms with Gasteiger partial charge in [0.1, 0.15) is 5.76 Å². The van der Waals surface area contributed by atoms with Crippen LogP contribution in [0.1, 0.15) is 43.4 Å². The Balaban J connectivity index is 1.67. The van der Waals surface area contributed by atoms with E-state index in [0.717, 1.165) is 37.0 Å². The molecule has 2 aromatic rings. The zero-order chi connectivity index (χ0) is 17.9. The molecule has 1 aromatic carbocycles. The molecule has 2 amide bonds. The average Bonchev–Trinajstić information content (AvgIpc) is 3.28. The normalized spacial score (nSPS) is 18.8. The highest BCUT2D eigenvalue weighted by Crippen LogP contribution is 2.40. The molecule has 0 atom stereocenters. The highest BCUT2D eigenvalue weighted by molar-refractivity contribution is 8.03. The molecule has 134 valence electrons. The first-order valence-corrected chi connectivity index (χ1v) is 10.1. The van der Waals surface area contributed by atoms with Gasteiger partial charge in [-0.25, -0.2) is 0 Å². The number of thioether (sulfide) groups is 1. The van der Waals surface area contributed by atoms with Crippen molar-refractivity contribution >= 4 is 29.1 Å². The Labute approximate surface area is 157 Å². The first kappa shape index (κ1) is 17.2. The van der Waals surface area contributed by atoms with Gasteiger partial charge in [-0.1, -0.05) is 49.6 Å². The van der Waals surface area contributed by atoms with E-state index in [1.807, 2.05) is 42.5 Å². The Morgan fingerprint density at radius 3 is 2.42 bits per heavy atom. The number of hydrogen-bond donors (Lipinski definition) is 0. The van der Waals surface area contributed by atoms with Gasteiger partial charge in [0.15, 0.2) is 0 Å². The number of hydrogen-bond acceptors (Lipinski definition) is 4. The summed E-state index contributed by atoms with van der Waals surface area (Å²) in [6.45, 7) is 0. The molecular weight excluding hydrogens is 346 g/mol. The second-order valence-electron chi connectivity index (χ2n) is 6.71. The van der Waals surface area contributed by atoms with Crippen LogP contribution in [0.5, 0.6) is 0 Å². The minimum Gasteiger partial charge on any atom is -0.468 e. The lowest BCUT2D eigenvalue weighted by Gasteiger charge is -2.29. The summed E-state index contributed by atoms with van der Waals surface area (Å²) in [5.74, 6) is 1.05. The van der Waals surface area contributed by atoms with E-state index in [4.69, 9.17) is 4.42 Å². The second kappa shape index (κ2) is 7.54. The largest absolute Gasteiger partial charge is 0.468 e. The fourth-order valence-corrected chi connectivity index (χ4v) is 4.75. The number of rotatable bonds is 5. The van der Waals surface area contributed by atoms with Gasteiger partial charge >= 0.3 is 0 Å². The van der Waals surface area contributed by atoms with Crippen molar-refractivity contribution in [3.8, 4) is 0 Å². The van der Waals surface area contributed by atoms with Crippen LogP contribution in [0.25, 0.3) is 5.57 Å². The lowest BCUT2D eigenvalue weighted by molar-refractivity contribution is -0.139. The van der Waals surface area contributed by atoms with Crippen LogP contribution in [0.3, 0.4) is 0 Å². The van der Waals surface area contributed by atoms with Crippen molar-refractivity contribution in [2.75, 3.05) is 0 Å². The monoisotopic (exact) mass is 367 g/mol. The number of nitrogens with zero attached hydrogens (tertiary/aromatic N) is 1. The number of benzene rings is 1. The Hall–Kier alpha value is -2.27. The van der Waals surface area contributed by atoms with E-state index in [-0.39, 0.29) is 17.9 Å². The van der Waals surface area contributed by atoms with E-state index in [9.17, 15) is 9.59 Å². The van der Waals surface area contributed by atoms with E-state index in [1.54, 1.807) is 6.26 Å². The first-order valence-electron chi connectivity index (χ1n) is 9.08. The Morgan fingerprint density at radius 1 is 0.962 bits per heavy atom. The van der Waals surface area contributed by atoms with Gasteiger partial charge in [-0.3, -0.25) is 14.5 Å². The third-order valence-electron chi connectivity index (χ3n) is 5.01. The molecule has 0 bridgehead atoms. The highest BCUT2D eigenvalue weighted by atomic mass is 32.2. The minimum absolute atomic E-state index is 0.0316.